The summed E-state index contributed by atoms with van der Waals surface area (Å²) in [7, 11) is 0. The number of oxazole rings is 1. The summed E-state index contributed by atoms with van der Waals surface area (Å²) in [5.41, 5.74) is 0.0712. The largest absolute Gasteiger partial charge is 0.445 e. The Balaban J connectivity index is 2.40. The molecule has 0 bridgehead atoms. The van der Waals surface area contributed by atoms with E-state index in [2.05, 4.69) is 32.7 Å². The molecule has 15 heavy (non-hydrogen) atoms. The molecule has 0 atom stereocenters. The highest BCUT2D eigenvalue weighted by atomic mass is 32.2. The van der Waals surface area contributed by atoms with Crippen LogP contribution in [0.4, 0.5) is 0 Å². The maximum atomic E-state index is 5.70. The number of thioether (sulfide) groups is 1. The van der Waals surface area contributed by atoms with Gasteiger partial charge < -0.3 is 4.42 Å². The van der Waals surface area contributed by atoms with Gasteiger partial charge in [0.05, 0.1) is 6.20 Å². The summed E-state index contributed by atoms with van der Waals surface area (Å²) in [6, 6.07) is 0. The van der Waals surface area contributed by atoms with Crippen molar-refractivity contribution in [2.75, 3.05) is 11.5 Å². The third-order valence-corrected chi connectivity index (χ3v) is 3.29. The molecule has 0 fully saturated rings. The van der Waals surface area contributed by atoms with Gasteiger partial charge in [-0.3, -0.25) is 0 Å². The average Bonchev–Trinajstić information content (AvgIpc) is 2.60. The van der Waals surface area contributed by atoms with E-state index in [-0.39, 0.29) is 5.41 Å². The zero-order valence-corrected chi connectivity index (χ0v) is 11.0. The van der Waals surface area contributed by atoms with Crippen LogP contribution in [0, 0.1) is 0 Å². The normalized spacial score (nSPS) is 12.0. The first-order valence-corrected chi connectivity index (χ1v) is 6.72. The quantitative estimate of drug-likeness (QED) is 0.718. The number of aryl methyl sites for hydroxylation is 1. The fourth-order valence-electron chi connectivity index (χ4n) is 1.18. The Labute approximate surface area is 96.9 Å². The van der Waals surface area contributed by atoms with Gasteiger partial charge in [-0.25, -0.2) is 4.98 Å². The Morgan fingerprint density at radius 2 is 2.07 bits per heavy atom. The van der Waals surface area contributed by atoms with Crippen molar-refractivity contribution >= 4 is 11.8 Å². The molecule has 2 nitrogen and oxygen atoms in total. The van der Waals surface area contributed by atoms with Crippen molar-refractivity contribution in [1.82, 2.24) is 4.98 Å². The predicted octanol–water partition coefficient (Wildman–Crippen LogP) is 3.66. The van der Waals surface area contributed by atoms with E-state index in [0.717, 1.165) is 23.8 Å². The summed E-state index contributed by atoms with van der Waals surface area (Å²) >= 11 is 1.96. The lowest BCUT2D eigenvalue weighted by atomic mass is 9.94. The molecule has 0 spiro atoms. The maximum Gasteiger partial charge on any atom is 0.195 e. The second kappa shape index (κ2) is 5.59. The average molecular weight is 227 g/mol. The third-order valence-electron chi connectivity index (χ3n) is 2.10. The standard InChI is InChI=1S/C12H21NOS/c1-5-7-15-8-6-11-13-9-10(14-11)12(2,3)4/h9H,5-8H2,1-4H3. The van der Waals surface area contributed by atoms with Gasteiger partial charge in [-0.15, -0.1) is 0 Å². The van der Waals surface area contributed by atoms with Crippen LogP contribution in [0.3, 0.4) is 0 Å². The number of nitrogens with zero attached hydrogens (tertiary/aromatic N) is 1. The highest BCUT2D eigenvalue weighted by Crippen LogP contribution is 2.23. The van der Waals surface area contributed by atoms with E-state index in [9.17, 15) is 0 Å². The van der Waals surface area contributed by atoms with Gasteiger partial charge in [0.15, 0.2) is 5.89 Å². The van der Waals surface area contributed by atoms with Crippen molar-refractivity contribution in [3.8, 4) is 0 Å². The predicted molar refractivity (Wildman–Crippen MR) is 66.5 cm³/mol. The molecular weight excluding hydrogens is 206 g/mol. The molecule has 0 saturated carbocycles. The second-order valence-electron chi connectivity index (χ2n) is 4.73. The number of aromatic nitrogens is 1. The monoisotopic (exact) mass is 227 g/mol. The summed E-state index contributed by atoms with van der Waals surface area (Å²) in [4.78, 5) is 4.30. The van der Waals surface area contributed by atoms with Crippen LogP contribution in [0.2, 0.25) is 0 Å². The molecule has 0 N–H and O–H groups in total. The Morgan fingerprint density at radius 3 is 2.60 bits per heavy atom. The molecule has 0 saturated heterocycles. The van der Waals surface area contributed by atoms with Crippen molar-refractivity contribution in [3.05, 3.63) is 17.8 Å². The smallest absolute Gasteiger partial charge is 0.195 e. The highest BCUT2D eigenvalue weighted by Gasteiger charge is 2.18. The van der Waals surface area contributed by atoms with E-state index in [4.69, 9.17) is 4.42 Å². The van der Waals surface area contributed by atoms with Gasteiger partial charge in [-0.2, -0.15) is 11.8 Å². The number of rotatable bonds is 5. The lowest BCUT2D eigenvalue weighted by Gasteiger charge is -2.13. The molecule has 0 aliphatic carbocycles. The van der Waals surface area contributed by atoms with E-state index >= 15 is 0 Å². The lowest BCUT2D eigenvalue weighted by Crippen LogP contribution is -2.09. The van der Waals surface area contributed by atoms with Crippen molar-refractivity contribution in [3.63, 3.8) is 0 Å². The summed E-state index contributed by atoms with van der Waals surface area (Å²) in [6.45, 7) is 8.63. The van der Waals surface area contributed by atoms with Gasteiger partial charge in [0.1, 0.15) is 5.76 Å². The van der Waals surface area contributed by atoms with E-state index in [1.165, 1.54) is 12.2 Å². The van der Waals surface area contributed by atoms with Gasteiger partial charge in [-0.05, 0) is 12.2 Å². The first-order valence-electron chi connectivity index (χ1n) is 5.57. The van der Waals surface area contributed by atoms with Crippen LogP contribution in [0.15, 0.2) is 10.6 Å². The van der Waals surface area contributed by atoms with Crippen LogP contribution in [-0.4, -0.2) is 16.5 Å². The Bertz CT molecular complexity index is 288. The summed E-state index contributed by atoms with van der Waals surface area (Å²) in [6.07, 6.45) is 4.05. The molecule has 1 aromatic heterocycles. The Morgan fingerprint density at radius 1 is 1.33 bits per heavy atom. The molecule has 0 aliphatic heterocycles. The molecule has 1 rings (SSSR count). The van der Waals surface area contributed by atoms with Crippen LogP contribution in [0.1, 0.15) is 45.8 Å². The van der Waals surface area contributed by atoms with Gasteiger partial charge in [0.2, 0.25) is 0 Å². The van der Waals surface area contributed by atoms with Crippen molar-refractivity contribution < 1.29 is 4.42 Å². The Kier molecular flexibility index (Phi) is 4.71. The second-order valence-corrected chi connectivity index (χ2v) is 5.96. The molecule has 3 heteroatoms. The van der Waals surface area contributed by atoms with Crippen LogP contribution >= 0.6 is 11.8 Å². The molecule has 0 amide bonds. The fourth-order valence-corrected chi connectivity index (χ4v) is 1.99. The van der Waals surface area contributed by atoms with Crippen LogP contribution in [-0.2, 0) is 11.8 Å². The number of hydrogen-bond donors (Lipinski definition) is 0. The molecule has 0 aliphatic rings. The van der Waals surface area contributed by atoms with Gasteiger partial charge in [0, 0.05) is 17.6 Å². The van der Waals surface area contributed by atoms with Crippen LogP contribution in [0.25, 0.3) is 0 Å². The minimum Gasteiger partial charge on any atom is -0.445 e. The first kappa shape index (κ1) is 12.6. The maximum absolute atomic E-state index is 5.70. The molecule has 0 aromatic carbocycles. The zero-order chi connectivity index (χ0) is 11.3. The summed E-state index contributed by atoms with van der Waals surface area (Å²) in [5, 5.41) is 0. The fraction of sp³-hybridized carbons (Fsp3) is 0.750. The molecule has 0 unspecified atom stereocenters. The van der Waals surface area contributed by atoms with Crippen molar-refractivity contribution in [2.45, 2.75) is 46.0 Å². The van der Waals surface area contributed by atoms with E-state index in [1.54, 1.807) is 0 Å². The summed E-state index contributed by atoms with van der Waals surface area (Å²) < 4.78 is 5.70. The topological polar surface area (TPSA) is 26.0 Å². The van der Waals surface area contributed by atoms with E-state index < -0.39 is 0 Å². The van der Waals surface area contributed by atoms with E-state index in [1.807, 2.05) is 18.0 Å². The lowest BCUT2D eigenvalue weighted by molar-refractivity contribution is 0.385. The summed E-state index contributed by atoms with van der Waals surface area (Å²) in [5.74, 6) is 4.20. The minimum atomic E-state index is 0.0712. The minimum absolute atomic E-state index is 0.0712. The van der Waals surface area contributed by atoms with Gasteiger partial charge in [0.25, 0.3) is 0 Å². The molecule has 1 aromatic rings. The van der Waals surface area contributed by atoms with Crippen molar-refractivity contribution in [2.24, 2.45) is 0 Å². The van der Waals surface area contributed by atoms with Crippen LogP contribution < -0.4 is 0 Å². The third kappa shape index (κ3) is 4.29. The van der Waals surface area contributed by atoms with Crippen LogP contribution in [0.5, 0.6) is 0 Å². The van der Waals surface area contributed by atoms with Gasteiger partial charge in [-0.1, -0.05) is 27.7 Å². The highest BCUT2D eigenvalue weighted by molar-refractivity contribution is 7.99. The van der Waals surface area contributed by atoms with E-state index in [0.29, 0.717) is 0 Å². The molecule has 0 radical (unpaired) electrons. The SMILES string of the molecule is CCCSCCc1ncc(C(C)(C)C)o1. The first-order chi connectivity index (χ1) is 7.04. The Hall–Kier alpha value is -0.440. The van der Waals surface area contributed by atoms with Crippen molar-refractivity contribution in [1.29, 1.82) is 0 Å². The molecule has 86 valence electrons. The zero-order valence-electron chi connectivity index (χ0n) is 10.2. The number of hydrogen-bond acceptors (Lipinski definition) is 3. The molecule has 1 heterocycles. The van der Waals surface area contributed by atoms with Gasteiger partial charge >= 0.3 is 0 Å². The molecular formula is C12H21NOS.